The lowest BCUT2D eigenvalue weighted by Gasteiger charge is -2.31. The highest BCUT2D eigenvalue weighted by Crippen LogP contribution is 2.24. The van der Waals surface area contributed by atoms with Crippen molar-refractivity contribution >= 4 is 35.0 Å². The quantitative estimate of drug-likeness (QED) is 0.516. The first-order valence-corrected chi connectivity index (χ1v) is 11.9. The lowest BCUT2D eigenvalue weighted by Crippen LogP contribution is -2.52. The number of nitrogens with one attached hydrogen (secondary N) is 1. The maximum atomic E-state index is 13.3. The van der Waals surface area contributed by atoms with E-state index in [1.807, 2.05) is 38.1 Å². The fourth-order valence-corrected chi connectivity index (χ4v) is 4.52. The summed E-state index contributed by atoms with van der Waals surface area (Å²) in [6.45, 7) is 3.90. The molecule has 0 heterocycles. The van der Waals surface area contributed by atoms with Crippen LogP contribution in [0.3, 0.4) is 0 Å². The molecule has 1 saturated carbocycles. The number of halogens is 2. The van der Waals surface area contributed by atoms with Crippen molar-refractivity contribution in [2.75, 3.05) is 6.61 Å². The lowest BCUT2D eigenvalue weighted by atomic mass is 10.1. The number of benzene rings is 2. The zero-order valence-corrected chi connectivity index (χ0v) is 20.1. The molecule has 0 unspecified atom stereocenters. The summed E-state index contributed by atoms with van der Waals surface area (Å²) in [5.74, 6) is 0.214. The van der Waals surface area contributed by atoms with Crippen LogP contribution in [0.2, 0.25) is 10.0 Å². The Labute approximate surface area is 200 Å². The highest BCUT2D eigenvalue weighted by atomic mass is 35.5. The second-order valence-corrected chi connectivity index (χ2v) is 9.12. The lowest BCUT2D eigenvalue weighted by molar-refractivity contribution is -0.143. The molecule has 0 bridgehead atoms. The maximum absolute atomic E-state index is 13.3. The standard InChI is InChI=1S/C25H30Cl2N2O3/c1-3-23(25(31)28-20-8-4-5-9-20)29(15-18-11-12-19(26)14-22(18)27)24(30)16-32-21-10-6-7-17(2)13-21/h6-7,10-14,20,23H,3-5,8-9,15-16H2,1-2H3,(H,28,31)/t23-/m1/s1. The van der Waals surface area contributed by atoms with Gasteiger partial charge in [-0.25, -0.2) is 0 Å². The van der Waals surface area contributed by atoms with E-state index in [9.17, 15) is 9.59 Å². The average molecular weight is 477 g/mol. The Morgan fingerprint density at radius 2 is 1.91 bits per heavy atom. The minimum atomic E-state index is -0.615. The molecule has 32 heavy (non-hydrogen) atoms. The van der Waals surface area contributed by atoms with Crippen LogP contribution in [0.15, 0.2) is 42.5 Å². The van der Waals surface area contributed by atoms with Gasteiger partial charge in [0.1, 0.15) is 11.8 Å². The van der Waals surface area contributed by atoms with Gasteiger partial charge in [-0.05, 0) is 61.6 Å². The van der Waals surface area contributed by atoms with Gasteiger partial charge in [-0.2, -0.15) is 0 Å². The molecule has 2 amide bonds. The van der Waals surface area contributed by atoms with E-state index < -0.39 is 6.04 Å². The molecule has 1 aliphatic carbocycles. The van der Waals surface area contributed by atoms with Crippen LogP contribution in [0.4, 0.5) is 0 Å². The summed E-state index contributed by atoms with van der Waals surface area (Å²) in [5.41, 5.74) is 1.77. The number of ether oxygens (including phenoxy) is 1. The number of aryl methyl sites for hydroxylation is 1. The number of rotatable bonds is 9. The van der Waals surface area contributed by atoms with Gasteiger partial charge in [-0.1, -0.05) is 61.2 Å². The Kier molecular flexibility index (Phi) is 8.83. The minimum absolute atomic E-state index is 0.131. The smallest absolute Gasteiger partial charge is 0.261 e. The zero-order valence-electron chi connectivity index (χ0n) is 18.6. The summed E-state index contributed by atoms with van der Waals surface area (Å²) in [4.78, 5) is 28.0. The molecule has 3 rings (SSSR count). The first-order chi connectivity index (χ1) is 15.4. The first-order valence-electron chi connectivity index (χ1n) is 11.1. The molecule has 2 aromatic rings. The van der Waals surface area contributed by atoms with Crippen LogP contribution in [-0.4, -0.2) is 35.4 Å². The van der Waals surface area contributed by atoms with E-state index in [4.69, 9.17) is 27.9 Å². The highest BCUT2D eigenvalue weighted by molar-refractivity contribution is 6.35. The molecule has 172 valence electrons. The zero-order chi connectivity index (χ0) is 23.1. The molecule has 1 atom stereocenters. The number of hydrogen-bond acceptors (Lipinski definition) is 3. The van der Waals surface area contributed by atoms with Crippen LogP contribution >= 0.6 is 23.2 Å². The summed E-state index contributed by atoms with van der Waals surface area (Å²) in [5, 5.41) is 4.11. The monoisotopic (exact) mass is 476 g/mol. The number of nitrogens with zero attached hydrogens (tertiary/aromatic N) is 1. The first kappa shape index (κ1) is 24.4. The van der Waals surface area contributed by atoms with Crippen LogP contribution in [0.25, 0.3) is 0 Å². The molecule has 7 heteroatoms. The predicted molar refractivity (Wildman–Crippen MR) is 128 cm³/mol. The summed E-state index contributed by atoms with van der Waals surface area (Å²) in [6.07, 6.45) is 4.69. The van der Waals surface area contributed by atoms with Crippen LogP contribution in [-0.2, 0) is 16.1 Å². The Balaban J connectivity index is 1.79. The van der Waals surface area contributed by atoms with Crippen molar-refractivity contribution < 1.29 is 14.3 Å². The topological polar surface area (TPSA) is 58.6 Å². The number of carbonyl (C=O) groups excluding carboxylic acids is 2. The molecule has 5 nitrogen and oxygen atoms in total. The summed E-state index contributed by atoms with van der Waals surface area (Å²) in [7, 11) is 0. The molecule has 1 aliphatic rings. The van der Waals surface area contributed by atoms with Crippen molar-refractivity contribution in [1.82, 2.24) is 10.2 Å². The van der Waals surface area contributed by atoms with Crippen LogP contribution in [0.5, 0.6) is 5.75 Å². The molecule has 0 saturated heterocycles. The Bertz CT molecular complexity index is 945. The van der Waals surface area contributed by atoms with Crippen LogP contribution in [0.1, 0.15) is 50.2 Å². The van der Waals surface area contributed by atoms with E-state index in [1.54, 1.807) is 23.1 Å². The van der Waals surface area contributed by atoms with E-state index in [0.717, 1.165) is 36.8 Å². The second kappa shape index (κ2) is 11.6. The predicted octanol–water partition coefficient (Wildman–Crippen LogP) is 5.55. The fourth-order valence-electron chi connectivity index (χ4n) is 4.05. The molecular formula is C25H30Cl2N2O3. The van der Waals surface area contributed by atoms with Gasteiger partial charge in [0.05, 0.1) is 0 Å². The summed E-state index contributed by atoms with van der Waals surface area (Å²) < 4.78 is 5.75. The number of amides is 2. The fraction of sp³-hybridized carbons (Fsp3) is 0.440. The van der Waals surface area contributed by atoms with Gasteiger partial charge in [0, 0.05) is 22.6 Å². The largest absolute Gasteiger partial charge is 0.484 e. The van der Waals surface area contributed by atoms with Crippen molar-refractivity contribution in [3.05, 3.63) is 63.6 Å². The minimum Gasteiger partial charge on any atom is -0.484 e. The van der Waals surface area contributed by atoms with Gasteiger partial charge in [-0.15, -0.1) is 0 Å². The molecule has 1 fully saturated rings. The van der Waals surface area contributed by atoms with Crippen molar-refractivity contribution in [3.8, 4) is 5.75 Å². The molecule has 0 spiro atoms. The van der Waals surface area contributed by atoms with Crippen molar-refractivity contribution in [2.45, 2.75) is 64.6 Å². The molecule has 1 N–H and O–H groups in total. The molecule has 0 aliphatic heterocycles. The average Bonchev–Trinajstić information content (AvgIpc) is 3.26. The third-order valence-electron chi connectivity index (χ3n) is 5.80. The number of hydrogen-bond donors (Lipinski definition) is 1. The van der Waals surface area contributed by atoms with Crippen LogP contribution in [0, 0.1) is 6.92 Å². The Morgan fingerprint density at radius 3 is 2.56 bits per heavy atom. The molecular weight excluding hydrogens is 447 g/mol. The van der Waals surface area contributed by atoms with E-state index in [1.165, 1.54) is 0 Å². The van der Waals surface area contributed by atoms with E-state index in [0.29, 0.717) is 22.2 Å². The van der Waals surface area contributed by atoms with Gasteiger partial charge >= 0.3 is 0 Å². The SMILES string of the molecule is CC[C@H](C(=O)NC1CCCC1)N(Cc1ccc(Cl)cc1Cl)C(=O)COc1cccc(C)c1. The summed E-state index contributed by atoms with van der Waals surface area (Å²) >= 11 is 12.4. The normalized spacial score (nSPS) is 14.8. The molecule has 0 radical (unpaired) electrons. The summed E-state index contributed by atoms with van der Waals surface area (Å²) in [6, 6.07) is 12.2. The second-order valence-electron chi connectivity index (χ2n) is 8.28. The van der Waals surface area contributed by atoms with Gasteiger partial charge in [0.25, 0.3) is 5.91 Å². The van der Waals surface area contributed by atoms with Crippen molar-refractivity contribution in [3.63, 3.8) is 0 Å². The Morgan fingerprint density at radius 1 is 1.16 bits per heavy atom. The van der Waals surface area contributed by atoms with Gasteiger partial charge in [0.2, 0.25) is 5.91 Å². The third kappa shape index (κ3) is 6.63. The van der Waals surface area contributed by atoms with Crippen molar-refractivity contribution in [1.29, 1.82) is 0 Å². The van der Waals surface area contributed by atoms with E-state index in [2.05, 4.69) is 5.32 Å². The van der Waals surface area contributed by atoms with Crippen molar-refractivity contribution in [2.24, 2.45) is 0 Å². The van der Waals surface area contributed by atoms with Gasteiger partial charge in [-0.3, -0.25) is 9.59 Å². The molecule has 0 aromatic heterocycles. The van der Waals surface area contributed by atoms with Gasteiger partial charge in [0.15, 0.2) is 6.61 Å². The van der Waals surface area contributed by atoms with E-state index >= 15 is 0 Å². The number of carbonyl (C=O) groups is 2. The maximum Gasteiger partial charge on any atom is 0.261 e. The molecule has 2 aromatic carbocycles. The third-order valence-corrected chi connectivity index (χ3v) is 6.38. The Hall–Kier alpha value is -2.24. The van der Waals surface area contributed by atoms with Gasteiger partial charge < -0.3 is 15.0 Å². The van der Waals surface area contributed by atoms with E-state index in [-0.39, 0.29) is 31.0 Å². The highest BCUT2D eigenvalue weighted by Gasteiger charge is 2.31. The van der Waals surface area contributed by atoms with Crippen LogP contribution < -0.4 is 10.1 Å².